The summed E-state index contributed by atoms with van der Waals surface area (Å²) < 4.78 is 56.7. The first-order valence-electron chi connectivity index (χ1n) is 26.7. The number of hydrogen-bond acceptors (Lipinski definition) is 14. The Hall–Kier alpha value is -6.08. The monoisotopic (exact) mass is 1010 g/mol. The third kappa shape index (κ3) is 9.40. The Morgan fingerprint density at radius 2 is 1.69 bits per heavy atom. The summed E-state index contributed by atoms with van der Waals surface area (Å²) in [4.78, 5) is 63.5. The van der Waals surface area contributed by atoms with Crippen molar-refractivity contribution in [1.82, 2.24) is 35.0 Å². The standard InChI is InChI=1S/C56H65F2N9O7/c1-3-40-44(57)8-5-36-26-39(73-34-71-2)27-42(47(36)40)49-48(58)50-43(28-59-49)51(66-17-4-13-56(32-66)16-24-74-56)62-54(61-50)72-33-55(14-15-55)31-64-18-11-35(12-19-64)29-63-20-22-65(23-21-63)38-6-7-41-37(25-38)30-67(53(41)70)45-9-10-46(68)60-52(45)69/h5-8,25-28,35,45H,3-4,9-24,29-34H2,1-2H3,(H,60,68,69)/t45?,56-/m0/s1. The number of piperidine rings is 3. The summed E-state index contributed by atoms with van der Waals surface area (Å²) in [6.45, 7) is 12.6. The zero-order valence-electron chi connectivity index (χ0n) is 42.4. The molecular formula is C56H65F2N9O7. The van der Waals surface area contributed by atoms with E-state index in [4.69, 9.17) is 33.9 Å². The van der Waals surface area contributed by atoms with Gasteiger partial charge in [0.05, 0.1) is 24.2 Å². The number of aryl methyl sites for hydroxylation is 1. The number of likely N-dealkylation sites (tertiary alicyclic amines) is 1. The highest BCUT2D eigenvalue weighted by atomic mass is 19.1. The predicted octanol–water partition coefficient (Wildman–Crippen LogP) is 6.88. The van der Waals surface area contributed by atoms with E-state index in [1.165, 1.54) is 13.2 Å². The van der Waals surface area contributed by atoms with E-state index in [1.54, 1.807) is 23.2 Å². The maximum Gasteiger partial charge on any atom is 0.319 e. The molecule has 0 radical (unpaired) electrons. The summed E-state index contributed by atoms with van der Waals surface area (Å²) in [5.74, 6) is -0.175. The molecule has 1 N–H and O–H groups in total. The SMILES string of the molecule is CCc1c(F)ccc2cc(OCOC)cc(-c3ncc4c(N5CCC[C@]6(CCO6)C5)nc(OCC5(CN6CCC(CN7CCN(c8ccc9c(c8)CN(C8CCC(=O)NC8=O)C9=O)CC7)CC6)CC5)nc4c3F)c12. The number of imide groups is 1. The maximum absolute atomic E-state index is 17.5. The third-order valence-electron chi connectivity index (χ3n) is 17.0. The average molecular weight is 1010 g/mol. The Bertz CT molecular complexity index is 3010. The lowest BCUT2D eigenvalue weighted by Crippen LogP contribution is -2.56. The van der Waals surface area contributed by atoms with Gasteiger partial charge < -0.3 is 38.5 Å². The summed E-state index contributed by atoms with van der Waals surface area (Å²) >= 11 is 0. The second kappa shape index (κ2) is 19.9. The largest absolute Gasteiger partial charge is 0.468 e. The molecule has 2 aromatic heterocycles. The molecule has 6 aliphatic heterocycles. The van der Waals surface area contributed by atoms with Gasteiger partial charge in [0, 0.05) is 107 Å². The van der Waals surface area contributed by atoms with E-state index in [-0.39, 0.29) is 59.1 Å². The lowest BCUT2D eigenvalue weighted by atomic mass is 9.86. The molecule has 5 aromatic rings. The van der Waals surface area contributed by atoms with Gasteiger partial charge in [-0.3, -0.25) is 29.6 Å². The Labute approximate surface area is 429 Å². The Morgan fingerprint density at radius 1 is 0.865 bits per heavy atom. The van der Waals surface area contributed by atoms with E-state index in [2.05, 4.69) is 31.0 Å². The first-order valence-corrected chi connectivity index (χ1v) is 26.7. The number of amides is 3. The van der Waals surface area contributed by atoms with Gasteiger partial charge in [-0.2, -0.15) is 9.97 Å². The number of nitrogens with zero attached hydrogens (tertiary/aromatic N) is 8. The summed E-state index contributed by atoms with van der Waals surface area (Å²) in [5, 5.41) is 4.14. The molecule has 7 aliphatic rings. The maximum atomic E-state index is 17.5. The van der Waals surface area contributed by atoms with Crippen LogP contribution >= 0.6 is 0 Å². The molecule has 2 atom stereocenters. The molecule has 3 amide bonds. The van der Waals surface area contributed by atoms with Gasteiger partial charge in [-0.05, 0) is 129 Å². The van der Waals surface area contributed by atoms with E-state index in [1.807, 2.05) is 25.1 Å². The lowest BCUT2D eigenvalue weighted by molar-refractivity contribution is -0.151. The minimum atomic E-state index is -0.635. The van der Waals surface area contributed by atoms with Crippen LogP contribution in [0.25, 0.3) is 32.9 Å². The van der Waals surface area contributed by atoms with Crippen LogP contribution in [0.4, 0.5) is 20.3 Å². The van der Waals surface area contributed by atoms with Gasteiger partial charge in [-0.25, -0.2) is 8.78 Å². The van der Waals surface area contributed by atoms with Crippen LogP contribution in [0, 0.1) is 23.0 Å². The van der Waals surface area contributed by atoms with Gasteiger partial charge in [0.15, 0.2) is 12.6 Å². The number of aromatic nitrogens is 3. The Kier molecular flexibility index (Phi) is 13.1. The van der Waals surface area contributed by atoms with Crippen molar-refractivity contribution in [2.75, 3.05) is 102 Å². The van der Waals surface area contributed by atoms with Gasteiger partial charge in [0.2, 0.25) is 11.8 Å². The van der Waals surface area contributed by atoms with E-state index in [9.17, 15) is 14.4 Å². The highest BCUT2D eigenvalue weighted by Gasteiger charge is 2.47. The highest BCUT2D eigenvalue weighted by Crippen LogP contribution is 2.48. The molecule has 12 rings (SSSR count). The van der Waals surface area contributed by atoms with Crippen LogP contribution in [0.1, 0.15) is 86.2 Å². The molecule has 1 saturated carbocycles. The first-order chi connectivity index (χ1) is 36.0. The number of benzene rings is 3. The summed E-state index contributed by atoms with van der Waals surface area (Å²) in [6.07, 6.45) is 9.83. The van der Waals surface area contributed by atoms with Crippen molar-refractivity contribution in [3.63, 3.8) is 0 Å². The molecule has 390 valence electrons. The molecular weight excluding hydrogens is 949 g/mol. The smallest absolute Gasteiger partial charge is 0.319 e. The number of fused-ring (bicyclic) bond motifs is 3. The van der Waals surface area contributed by atoms with Crippen molar-refractivity contribution in [1.29, 1.82) is 0 Å². The molecule has 1 unspecified atom stereocenters. The number of piperazine rings is 1. The fourth-order valence-corrected chi connectivity index (χ4v) is 12.6. The van der Waals surface area contributed by atoms with Gasteiger partial charge >= 0.3 is 6.01 Å². The van der Waals surface area contributed by atoms with E-state index in [0.29, 0.717) is 82.9 Å². The van der Waals surface area contributed by atoms with Crippen molar-refractivity contribution in [3.8, 4) is 23.0 Å². The quantitative estimate of drug-likeness (QED) is 0.0856. The number of nitrogens with one attached hydrogen (secondary N) is 1. The van der Waals surface area contributed by atoms with E-state index in [0.717, 1.165) is 122 Å². The normalized spacial score (nSPS) is 23.4. The second-order valence-electron chi connectivity index (χ2n) is 21.9. The van der Waals surface area contributed by atoms with Crippen molar-refractivity contribution in [2.24, 2.45) is 11.3 Å². The van der Waals surface area contributed by atoms with Crippen molar-refractivity contribution >= 4 is 50.9 Å². The molecule has 3 aromatic carbocycles. The van der Waals surface area contributed by atoms with Gasteiger partial charge in [0.1, 0.15) is 34.6 Å². The molecule has 1 aliphatic carbocycles. The minimum Gasteiger partial charge on any atom is -0.468 e. The Balaban J connectivity index is 0.698. The van der Waals surface area contributed by atoms with Gasteiger partial charge in [0.25, 0.3) is 5.91 Å². The number of anilines is 2. The minimum absolute atomic E-state index is 0.0123. The van der Waals surface area contributed by atoms with Crippen LogP contribution in [0.5, 0.6) is 11.8 Å². The second-order valence-corrected chi connectivity index (χ2v) is 21.9. The molecule has 0 bridgehead atoms. The lowest BCUT2D eigenvalue weighted by Gasteiger charge is -2.48. The van der Waals surface area contributed by atoms with Crippen LogP contribution in [0.15, 0.2) is 48.7 Å². The van der Waals surface area contributed by atoms with E-state index >= 15 is 8.78 Å². The molecule has 5 saturated heterocycles. The van der Waals surface area contributed by atoms with Crippen LogP contribution < -0.4 is 24.6 Å². The summed E-state index contributed by atoms with van der Waals surface area (Å²) in [6, 6.07) is 12.2. The average Bonchev–Trinajstić information content (AvgIpc) is 4.10. The van der Waals surface area contributed by atoms with Crippen molar-refractivity contribution in [2.45, 2.75) is 89.3 Å². The highest BCUT2D eigenvalue weighted by molar-refractivity contribution is 6.06. The number of hydrogen-bond donors (Lipinski definition) is 1. The number of carbonyl (C=O) groups excluding carboxylic acids is 3. The molecule has 6 fully saturated rings. The Morgan fingerprint density at radius 3 is 2.43 bits per heavy atom. The van der Waals surface area contributed by atoms with Gasteiger partial charge in [-0.1, -0.05) is 13.0 Å². The predicted molar refractivity (Wildman–Crippen MR) is 274 cm³/mol. The van der Waals surface area contributed by atoms with Crippen molar-refractivity contribution < 1.29 is 42.1 Å². The zero-order valence-corrected chi connectivity index (χ0v) is 42.4. The fourth-order valence-electron chi connectivity index (χ4n) is 12.6. The topological polar surface area (TPSA) is 155 Å². The molecule has 18 heteroatoms. The third-order valence-corrected chi connectivity index (χ3v) is 17.0. The van der Waals surface area contributed by atoms with Crippen molar-refractivity contribution in [3.05, 3.63) is 77.0 Å². The van der Waals surface area contributed by atoms with Crippen LogP contribution in [-0.4, -0.2) is 152 Å². The number of carbonyl (C=O) groups is 3. The number of halogens is 2. The van der Waals surface area contributed by atoms with Gasteiger partial charge in [-0.15, -0.1) is 0 Å². The first kappa shape index (κ1) is 48.8. The van der Waals surface area contributed by atoms with Crippen LogP contribution in [0.3, 0.4) is 0 Å². The zero-order chi connectivity index (χ0) is 50.7. The number of rotatable bonds is 15. The molecule has 1 spiro atoms. The molecule has 74 heavy (non-hydrogen) atoms. The van der Waals surface area contributed by atoms with Crippen LogP contribution in [-0.2, 0) is 32.0 Å². The number of ether oxygens (including phenoxy) is 4. The summed E-state index contributed by atoms with van der Waals surface area (Å²) in [5.41, 5.74) is 3.41. The number of pyridine rings is 1. The molecule has 16 nitrogen and oxygen atoms in total. The van der Waals surface area contributed by atoms with E-state index < -0.39 is 17.8 Å². The fraction of sp³-hybridized carbons (Fsp3) is 0.536. The number of methoxy groups -OCH3 is 1. The molecule has 8 heterocycles. The van der Waals surface area contributed by atoms with Crippen LogP contribution in [0.2, 0.25) is 0 Å². The summed E-state index contributed by atoms with van der Waals surface area (Å²) in [7, 11) is 1.53.